The molecule has 0 aliphatic carbocycles. The van der Waals surface area contributed by atoms with Crippen molar-refractivity contribution in [3.05, 3.63) is 29.3 Å². The zero-order chi connectivity index (χ0) is 13.0. The van der Waals surface area contributed by atoms with E-state index in [1.165, 1.54) is 11.1 Å². The Kier molecular flexibility index (Phi) is 4.66. The van der Waals surface area contributed by atoms with Gasteiger partial charge in [0.05, 0.1) is 6.42 Å². The Hall–Kier alpha value is -1.00. The predicted octanol–water partition coefficient (Wildman–Crippen LogP) is 1.66. The average molecular weight is 264 g/mol. The molecule has 0 aromatic heterocycles. The fourth-order valence-corrected chi connectivity index (χ4v) is 2.48. The lowest BCUT2D eigenvalue weighted by Crippen LogP contribution is -2.27. The number of fused-ring (bicyclic) bond motifs is 1. The number of carbonyl (C=O) groups excluding carboxylic acids is 1. The molecule has 18 heavy (non-hydrogen) atoms. The third kappa shape index (κ3) is 2.87. The number of carbonyl (C=O) groups is 1. The van der Waals surface area contributed by atoms with Gasteiger partial charge in [0, 0.05) is 12.2 Å². The highest BCUT2D eigenvalue weighted by molar-refractivity contribution is 7.80. The van der Waals surface area contributed by atoms with Crippen LogP contribution in [0.4, 0.5) is 5.69 Å². The van der Waals surface area contributed by atoms with E-state index in [4.69, 9.17) is 0 Å². The van der Waals surface area contributed by atoms with Crippen molar-refractivity contribution < 1.29 is 4.79 Å². The molecule has 0 radical (unpaired) electrons. The summed E-state index contributed by atoms with van der Waals surface area (Å²) in [5, 5.41) is 3.14. The van der Waals surface area contributed by atoms with E-state index in [-0.39, 0.29) is 5.91 Å². The van der Waals surface area contributed by atoms with Gasteiger partial charge in [0.25, 0.3) is 0 Å². The van der Waals surface area contributed by atoms with Gasteiger partial charge in [-0.15, -0.1) is 0 Å². The maximum atomic E-state index is 12.0. The highest BCUT2D eigenvalue weighted by atomic mass is 32.1. The van der Waals surface area contributed by atoms with Crippen LogP contribution < -0.4 is 10.2 Å². The summed E-state index contributed by atoms with van der Waals surface area (Å²) in [4.78, 5) is 13.8. The van der Waals surface area contributed by atoms with E-state index >= 15 is 0 Å². The molecule has 0 saturated heterocycles. The van der Waals surface area contributed by atoms with Crippen molar-refractivity contribution in [1.29, 1.82) is 0 Å². The lowest BCUT2D eigenvalue weighted by atomic mass is 10.1. The average Bonchev–Trinajstić information content (AvgIpc) is 2.68. The van der Waals surface area contributed by atoms with Crippen molar-refractivity contribution in [2.24, 2.45) is 0 Å². The number of hydrogen-bond acceptors (Lipinski definition) is 3. The molecule has 4 heteroatoms. The molecular formula is C14H20N2OS. The van der Waals surface area contributed by atoms with Crippen LogP contribution in [0.15, 0.2) is 18.2 Å². The van der Waals surface area contributed by atoms with Crippen molar-refractivity contribution in [3.8, 4) is 0 Å². The molecule has 1 amide bonds. The standard InChI is InChI=1S/C14H20N2OS/c1-15-6-5-11-3-4-13-12(9-11)10-14(17)16(13)7-2-8-18/h3-4,9,15,18H,2,5-8,10H2,1H3. The molecule has 0 unspecified atom stereocenters. The number of hydrogen-bond donors (Lipinski definition) is 2. The number of benzene rings is 1. The number of nitrogens with one attached hydrogen (secondary N) is 1. The first kappa shape index (κ1) is 13.4. The molecule has 2 rings (SSSR count). The first-order chi connectivity index (χ1) is 8.76. The molecule has 1 aliphatic heterocycles. The maximum absolute atomic E-state index is 12.0. The van der Waals surface area contributed by atoms with Crippen molar-refractivity contribution >= 4 is 24.2 Å². The molecule has 1 N–H and O–H groups in total. The fourth-order valence-electron chi connectivity index (χ4n) is 2.34. The number of rotatable bonds is 6. The van der Waals surface area contributed by atoms with E-state index in [2.05, 4.69) is 36.1 Å². The predicted molar refractivity (Wildman–Crippen MR) is 78.6 cm³/mol. The van der Waals surface area contributed by atoms with Gasteiger partial charge in [0.2, 0.25) is 5.91 Å². The molecule has 1 aromatic rings. The van der Waals surface area contributed by atoms with Crippen molar-refractivity contribution in [3.63, 3.8) is 0 Å². The van der Waals surface area contributed by atoms with E-state index in [9.17, 15) is 4.79 Å². The zero-order valence-electron chi connectivity index (χ0n) is 10.8. The van der Waals surface area contributed by atoms with Crippen LogP contribution >= 0.6 is 12.6 Å². The monoisotopic (exact) mass is 264 g/mol. The third-order valence-corrected chi connectivity index (χ3v) is 3.60. The third-order valence-electron chi connectivity index (χ3n) is 3.28. The summed E-state index contributed by atoms with van der Waals surface area (Å²) < 4.78 is 0. The first-order valence-electron chi connectivity index (χ1n) is 6.44. The van der Waals surface area contributed by atoms with Crippen LogP contribution in [0, 0.1) is 0 Å². The number of nitrogens with zero attached hydrogens (tertiary/aromatic N) is 1. The molecule has 1 aromatic carbocycles. The van der Waals surface area contributed by atoms with Gasteiger partial charge in [-0.3, -0.25) is 4.79 Å². The Morgan fingerprint density at radius 1 is 1.44 bits per heavy atom. The Morgan fingerprint density at radius 2 is 2.28 bits per heavy atom. The van der Waals surface area contributed by atoms with Crippen LogP contribution in [-0.4, -0.2) is 31.8 Å². The molecular weight excluding hydrogens is 244 g/mol. The minimum absolute atomic E-state index is 0.220. The van der Waals surface area contributed by atoms with Crippen molar-refractivity contribution in [2.45, 2.75) is 19.3 Å². The summed E-state index contributed by atoms with van der Waals surface area (Å²) in [6, 6.07) is 6.39. The minimum Gasteiger partial charge on any atom is -0.319 e. The van der Waals surface area contributed by atoms with E-state index in [1.807, 2.05) is 11.9 Å². The van der Waals surface area contributed by atoms with Gasteiger partial charge in [-0.05, 0) is 49.4 Å². The van der Waals surface area contributed by atoms with Gasteiger partial charge < -0.3 is 10.2 Å². The molecule has 0 saturated carbocycles. The molecule has 0 atom stereocenters. The van der Waals surface area contributed by atoms with Crippen molar-refractivity contribution in [1.82, 2.24) is 5.32 Å². The molecule has 1 aliphatic rings. The molecule has 98 valence electrons. The molecule has 3 nitrogen and oxygen atoms in total. The van der Waals surface area contributed by atoms with Gasteiger partial charge in [-0.1, -0.05) is 12.1 Å². The normalized spacial score (nSPS) is 14.1. The van der Waals surface area contributed by atoms with E-state index < -0.39 is 0 Å². The summed E-state index contributed by atoms with van der Waals surface area (Å²) >= 11 is 4.20. The highest BCUT2D eigenvalue weighted by Gasteiger charge is 2.26. The van der Waals surface area contributed by atoms with Crippen LogP contribution in [0.5, 0.6) is 0 Å². The largest absolute Gasteiger partial charge is 0.319 e. The number of anilines is 1. The second-order valence-electron chi connectivity index (χ2n) is 4.62. The number of thiol groups is 1. The summed E-state index contributed by atoms with van der Waals surface area (Å²) in [5.41, 5.74) is 3.56. The maximum Gasteiger partial charge on any atom is 0.231 e. The summed E-state index contributed by atoms with van der Waals surface area (Å²) in [6.45, 7) is 1.75. The van der Waals surface area contributed by atoms with E-state index in [1.54, 1.807) is 0 Å². The minimum atomic E-state index is 0.220. The van der Waals surface area contributed by atoms with Gasteiger partial charge in [0.15, 0.2) is 0 Å². The molecule has 0 spiro atoms. The smallest absolute Gasteiger partial charge is 0.231 e. The topological polar surface area (TPSA) is 32.3 Å². The van der Waals surface area contributed by atoms with Gasteiger partial charge in [0.1, 0.15) is 0 Å². The number of likely N-dealkylation sites (N-methyl/N-ethyl adjacent to an activating group) is 1. The van der Waals surface area contributed by atoms with Gasteiger partial charge >= 0.3 is 0 Å². The zero-order valence-corrected chi connectivity index (χ0v) is 11.7. The van der Waals surface area contributed by atoms with E-state index in [0.717, 1.165) is 37.4 Å². The first-order valence-corrected chi connectivity index (χ1v) is 7.07. The Labute approximate surface area is 114 Å². The van der Waals surface area contributed by atoms with Gasteiger partial charge in [-0.25, -0.2) is 0 Å². The molecule has 0 bridgehead atoms. The van der Waals surface area contributed by atoms with E-state index in [0.29, 0.717) is 6.42 Å². The lowest BCUT2D eigenvalue weighted by Gasteiger charge is -2.17. The second-order valence-corrected chi connectivity index (χ2v) is 5.06. The van der Waals surface area contributed by atoms with Crippen LogP contribution in [-0.2, 0) is 17.6 Å². The Bertz CT molecular complexity index is 434. The van der Waals surface area contributed by atoms with Crippen LogP contribution in [0.1, 0.15) is 17.5 Å². The van der Waals surface area contributed by atoms with Crippen LogP contribution in [0.25, 0.3) is 0 Å². The molecule has 0 fully saturated rings. The van der Waals surface area contributed by atoms with Crippen LogP contribution in [0.2, 0.25) is 0 Å². The second kappa shape index (κ2) is 6.25. The fraction of sp³-hybridized carbons (Fsp3) is 0.500. The summed E-state index contributed by atoms with van der Waals surface area (Å²) in [6.07, 6.45) is 2.50. The lowest BCUT2D eigenvalue weighted by molar-refractivity contribution is -0.117. The SMILES string of the molecule is CNCCc1ccc2c(c1)CC(=O)N2CCCS. The van der Waals surface area contributed by atoms with Crippen molar-refractivity contribution in [2.75, 3.05) is 30.8 Å². The molecule has 1 heterocycles. The highest BCUT2D eigenvalue weighted by Crippen LogP contribution is 2.29. The Balaban J connectivity index is 2.13. The van der Waals surface area contributed by atoms with Gasteiger partial charge in [-0.2, -0.15) is 12.6 Å². The quantitative estimate of drug-likeness (QED) is 0.766. The van der Waals surface area contributed by atoms with Crippen LogP contribution in [0.3, 0.4) is 0 Å². The summed E-state index contributed by atoms with van der Waals surface area (Å²) in [5.74, 6) is 1.04. The number of amides is 1. The summed E-state index contributed by atoms with van der Waals surface area (Å²) in [7, 11) is 1.95. The Morgan fingerprint density at radius 3 is 3.00 bits per heavy atom.